The Bertz CT molecular complexity index is 1070. The molecule has 26 heavy (non-hydrogen) atoms. The van der Waals surface area contributed by atoms with E-state index in [1.54, 1.807) is 12.3 Å². The SMILES string of the molecule is Cn1ccnc1C(NC(=O)c1cc2cc(Br)ccc2o1)c1ccccc1. The minimum absolute atomic E-state index is 0.272. The molecule has 0 spiro atoms. The number of benzene rings is 2. The fraction of sp³-hybridized carbons (Fsp3) is 0.100. The molecule has 0 aliphatic carbocycles. The molecule has 1 amide bonds. The number of imidazole rings is 1. The van der Waals surface area contributed by atoms with E-state index in [1.807, 2.05) is 66.3 Å². The Morgan fingerprint density at radius 1 is 1.19 bits per heavy atom. The fourth-order valence-electron chi connectivity index (χ4n) is 2.93. The Balaban J connectivity index is 1.68. The van der Waals surface area contributed by atoms with Crippen molar-refractivity contribution in [3.05, 3.63) is 88.6 Å². The molecule has 5 nitrogen and oxygen atoms in total. The Morgan fingerprint density at radius 3 is 2.73 bits per heavy atom. The lowest BCUT2D eigenvalue weighted by atomic mass is 10.1. The van der Waals surface area contributed by atoms with E-state index < -0.39 is 0 Å². The molecule has 0 bridgehead atoms. The van der Waals surface area contributed by atoms with Crippen molar-refractivity contribution < 1.29 is 9.21 Å². The van der Waals surface area contributed by atoms with Gasteiger partial charge in [0, 0.05) is 29.3 Å². The van der Waals surface area contributed by atoms with Gasteiger partial charge in [-0.1, -0.05) is 46.3 Å². The average Bonchev–Trinajstić information content (AvgIpc) is 3.26. The van der Waals surface area contributed by atoms with Crippen molar-refractivity contribution in [1.29, 1.82) is 0 Å². The molecule has 0 radical (unpaired) electrons. The van der Waals surface area contributed by atoms with Crippen LogP contribution in [0.1, 0.15) is 28.0 Å². The van der Waals surface area contributed by atoms with Crippen LogP contribution in [0.4, 0.5) is 0 Å². The lowest BCUT2D eigenvalue weighted by molar-refractivity contribution is 0.0915. The number of halogens is 1. The molecule has 4 rings (SSSR count). The summed E-state index contributed by atoms with van der Waals surface area (Å²) >= 11 is 3.43. The van der Waals surface area contributed by atoms with E-state index >= 15 is 0 Å². The van der Waals surface area contributed by atoms with Crippen LogP contribution in [-0.4, -0.2) is 15.5 Å². The van der Waals surface area contributed by atoms with E-state index in [2.05, 4.69) is 26.2 Å². The predicted octanol–water partition coefficient (Wildman–Crippen LogP) is 4.45. The maximum absolute atomic E-state index is 12.8. The highest BCUT2D eigenvalue weighted by Gasteiger charge is 2.23. The molecular formula is C20H16BrN3O2. The maximum atomic E-state index is 12.8. The summed E-state index contributed by atoms with van der Waals surface area (Å²) in [6, 6.07) is 16.8. The van der Waals surface area contributed by atoms with Crippen molar-refractivity contribution in [3.63, 3.8) is 0 Å². The number of aromatic nitrogens is 2. The normalized spacial score (nSPS) is 12.2. The molecule has 0 fully saturated rings. The van der Waals surface area contributed by atoms with Gasteiger partial charge in [0.25, 0.3) is 5.91 Å². The molecule has 0 aliphatic heterocycles. The monoisotopic (exact) mass is 409 g/mol. The predicted molar refractivity (Wildman–Crippen MR) is 103 cm³/mol. The maximum Gasteiger partial charge on any atom is 0.287 e. The van der Waals surface area contributed by atoms with Crippen molar-refractivity contribution in [2.24, 2.45) is 7.05 Å². The first-order valence-corrected chi connectivity index (χ1v) is 8.93. The van der Waals surface area contributed by atoms with E-state index in [9.17, 15) is 4.79 Å². The van der Waals surface area contributed by atoms with E-state index in [4.69, 9.17) is 4.42 Å². The summed E-state index contributed by atoms with van der Waals surface area (Å²) in [6.45, 7) is 0. The molecule has 1 N–H and O–H groups in total. The molecule has 1 atom stereocenters. The van der Waals surface area contributed by atoms with Gasteiger partial charge < -0.3 is 14.3 Å². The molecule has 2 aromatic heterocycles. The Kier molecular flexibility index (Phi) is 4.34. The molecule has 130 valence electrons. The quantitative estimate of drug-likeness (QED) is 0.541. The first kappa shape index (κ1) is 16.6. The summed E-state index contributed by atoms with van der Waals surface area (Å²) in [5.41, 5.74) is 1.63. The van der Waals surface area contributed by atoms with Gasteiger partial charge in [-0.25, -0.2) is 4.98 Å². The van der Waals surface area contributed by atoms with Crippen LogP contribution in [-0.2, 0) is 7.05 Å². The smallest absolute Gasteiger partial charge is 0.287 e. The van der Waals surface area contributed by atoms with Gasteiger partial charge in [-0.05, 0) is 29.8 Å². The molecule has 2 aromatic carbocycles. The highest BCUT2D eigenvalue weighted by molar-refractivity contribution is 9.10. The van der Waals surface area contributed by atoms with E-state index in [1.165, 1.54) is 0 Å². The largest absolute Gasteiger partial charge is 0.451 e. The molecule has 0 saturated heterocycles. The third kappa shape index (κ3) is 3.15. The average molecular weight is 410 g/mol. The van der Waals surface area contributed by atoms with Crippen LogP contribution in [0.15, 0.2) is 75.9 Å². The van der Waals surface area contributed by atoms with Gasteiger partial charge in [-0.2, -0.15) is 0 Å². The van der Waals surface area contributed by atoms with Gasteiger partial charge in [0.05, 0.1) is 0 Å². The van der Waals surface area contributed by atoms with Crippen LogP contribution < -0.4 is 5.32 Å². The van der Waals surface area contributed by atoms with Crippen molar-refractivity contribution in [2.75, 3.05) is 0 Å². The Hall–Kier alpha value is -2.86. The highest BCUT2D eigenvalue weighted by atomic mass is 79.9. The van der Waals surface area contributed by atoms with Gasteiger partial charge in [0.2, 0.25) is 0 Å². The standard InChI is InChI=1S/C20H16BrN3O2/c1-24-10-9-22-19(24)18(13-5-3-2-4-6-13)23-20(25)17-12-14-11-15(21)7-8-16(14)26-17/h2-12,18H,1H3,(H,23,25). The van der Waals surface area contributed by atoms with Gasteiger partial charge in [-0.3, -0.25) is 4.79 Å². The number of hydrogen-bond acceptors (Lipinski definition) is 3. The van der Waals surface area contributed by atoms with E-state index in [0.29, 0.717) is 5.58 Å². The molecule has 1 unspecified atom stereocenters. The van der Waals surface area contributed by atoms with Gasteiger partial charge in [0.1, 0.15) is 17.4 Å². The molecular weight excluding hydrogens is 394 g/mol. The van der Waals surface area contributed by atoms with Crippen molar-refractivity contribution in [3.8, 4) is 0 Å². The Labute approximate surface area is 158 Å². The summed E-state index contributed by atoms with van der Waals surface area (Å²) in [5, 5.41) is 3.91. The second-order valence-corrected chi connectivity index (χ2v) is 6.92. The first-order valence-electron chi connectivity index (χ1n) is 8.14. The lowest BCUT2D eigenvalue weighted by Crippen LogP contribution is -2.30. The van der Waals surface area contributed by atoms with Crippen molar-refractivity contribution in [2.45, 2.75) is 6.04 Å². The molecule has 6 heteroatoms. The minimum atomic E-state index is -0.372. The minimum Gasteiger partial charge on any atom is -0.451 e. The number of carbonyl (C=O) groups is 1. The summed E-state index contributed by atoms with van der Waals surface area (Å²) < 4.78 is 8.54. The second-order valence-electron chi connectivity index (χ2n) is 6.01. The lowest BCUT2D eigenvalue weighted by Gasteiger charge is -2.18. The Morgan fingerprint density at radius 2 is 2.00 bits per heavy atom. The van der Waals surface area contributed by atoms with Gasteiger partial charge in [-0.15, -0.1) is 0 Å². The summed E-state index contributed by atoms with van der Waals surface area (Å²) in [6.07, 6.45) is 3.58. The fourth-order valence-corrected chi connectivity index (χ4v) is 3.30. The zero-order valence-corrected chi connectivity index (χ0v) is 15.6. The van der Waals surface area contributed by atoms with Crippen LogP contribution in [0, 0.1) is 0 Å². The number of carbonyl (C=O) groups excluding carboxylic acids is 1. The molecule has 2 heterocycles. The number of fused-ring (bicyclic) bond motifs is 1. The van der Waals surface area contributed by atoms with Crippen LogP contribution >= 0.6 is 15.9 Å². The van der Waals surface area contributed by atoms with Crippen LogP contribution in [0.3, 0.4) is 0 Å². The van der Waals surface area contributed by atoms with E-state index in [0.717, 1.165) is 21.2 Å². The number of amides is 1. The number of aryl methyl sites for hydroxylation is 1. The summed E-state index contributed by atoms with van der Waals surface area (Å²) in [4.78, 5) is 17.2. The topological polar surface area (TPSA) is 60.1 Å². The van der Waals surface area contributed by atoms with Crippen LogP contribution in [0.2, 0.25) is 0 Å². The molecule has 0 saturated carbocycles. The van der Waals surface area contributed by atoms with Crippen molar-refractivity contribution in [1.82, 2.24) is 14.9 Å². The summed E-state index contributed by atoms with van der Waals surface area (Å²) in [5.74, 6) is 0.742. The van der Waals surface area contributed by atoms with E-state index in [-0.39, 0.29) is 17.7 Å². The van der Waals surface area contributed by atoms with Crippen LogP contribution in [0.5, 0.6) is 0 Å². The van der Waals surface area contributed by atoms with Gasteiger partial charge >= 0.3 is 0 Å². The van der Waals surface area contributed by atoms with Crippen LogP contribution in [0.25, 0.3) is 11.0 Å². The number of nitrogens with one attached hydrogen (secondary N) is 1. The third-order valence-corrected chi connectivity index (χ3v) is 4.72. The number of hydrogen-bond donors (Lipinski definition) is 1. The number of rotatable bonds is 4. The second kappa shape index (κ2) is 6.80. The highest BCUT2D eigenvalue weighted by Crippen LogP contribution is 2.25. The molecule has 0 aliphatic rings. The molecule has 4 aromatic rings. The van der Waals surface area contributed by atoms with Crippen molar-refractivity contribution >= 4 is 32.8 Å². The number of furan rings is 1. The summed E-state index contributed by atoms with van der Waals surface area (Å²) in [7, 11) is 1.91. The third-order valence-electron chi connectivity index (χ3n) is 4.23. The zero-order chi connectivity index (χ0) is 18.1. The van der Waals surface area contributed by atoms with Gasteiger partial charge in [0.15, 0.2) is 5.76 Å². The first-order chi connectivity index (χ1) is 12.6. The number of nitrogens with zero attached hydrogens (tertiary/aromatic N) is 2. The zero-order valence-electron chi connectivity index (χ0n) is 14.0.